The molecule has 0 saturated carbocycles. The van der Waals surface area contributed by atoms with Crippen LogP contribution in [0.4, 0.5) is 0 Å². The molecule has 2 rings (SSSR count). The molecule has 3 atom stereocenters. The van der Waals surface area contributed by atoms with Gasteiger partial charge >= 0.3 is 0 Å². The predicted molar refractivity (Wildman–Crippen MR) is 90.6 cm³/mol. The zero-order valence-electron chi connectivity index (χ0n) is 13.2. The van der Waals surface area contributed by atoms with Gasteiger partial charge in [-0.3, -0.25) is 0 Å². The molecule has 2 aromatic rings. The van der Waals surface area contributed by atoms with E-state index in [2.05, 4.69) is 73.8 Å². The summed E-state index contributed by atoms with van der Waals surface area (Å²) in [6, 6.07) is 19.8. The van der Waals surface area contributed by atoms with Crippen molar-refractivity contribution in [3.63, 3.8) is 0 Å². The van der Waals surface area contributed by atoms with Gasteiger partial charge in [-0.05, 0) is 44.0 Å². The third-order valence-corrected chi connectivity index (χ3v) is 4.09. The van der Waals surface area contributed by atoms with E-state index in [-0.39, 0.29) is 12.0 Å². The lowest BCUT2D eigenvalue weighted by atomic mass is 9.82. The Bertz CT molecular complexity index is 549. The summed E-state index contributed by atoms with van der Waals surface area (Å²) in [6.45, 7) is 4.30. The maximum absolute atomic E-state index is 6.32. The number of rotatable bonds is 6. The van der Waals surface area contributed by atoms with E-state index in [1.165, 1.54) is 16.7 Å². The van der Waals surface area contributed by atoms with Crippen LogP contribution in [0, 0.1) is 0 Å². The Labute approximate surface area is 128 Å². The van der Waals surface area contributed by atoms with E-state index in [1.807, 2.05) is 7.05 Å². The molecule has 0 saturated heterocycles. The summed E-state index contributed by atoms with van der Waals surface area (Å²) in [5.74, 6) is 0.242. The maximum atomic E-state index is 6.32. The van der Waals surface area contributed by atoms with Gasteiger partial charge in [0.1, 0.15) is 0 Å². The molecule has 2 aromatic carbocycles. The van der Waals surface area contributed by atoms with Gasteiger partial charge < -0.3 is 11.1 Å². The fraction of sp³-hybridized carbons (Fsp3) is 0.368. The smallest absolute Gasteiger partial charge is 0.0241 e. The van der Waals surface area contributed by atoms with Gasteiger partial charge in [0.2, 0.25) is 0 Å². The Hall–Kier alpha value is -1.64. The molecule has 0 aliphatic carbocycles. The fourth-order valence-electron chi connectivity index (χ4n) is 2.88. The van der Waals surface area contributed by atoms with Crippen molar-refractivity contribution in [1.29, 1.82) is 0 Å². The molecule has 21 heavy (non-hydrogen) atoms. The summed E-state index contributed by atoms with van der Waals surface area (Å²) < 4.78 is 0. The predicted octanol–water partition coefficient (Wildman–Crippen LogP) is 3.32. The highest BCUT2D eigenvalue weighted by Gasteiger charge is 2.21. The summed E-state index contributed by atoms with van der Waals surface area (Å²) in [5.41, 5.74) is 10.3. The second-order valence-electron chi connectivity index (χ2n) is 5.84. The van der Waals surface area contributed by atoms with Gasteiger partial charge in [-0.15, -0.1) is 0 Å². The van der Waals surface area contributed by atoms with Gasteiger partial charge in [0, 0.05) is 18.0 Å². The van der Waals surface area contributed by atoms with Crippen LogP contribution in [-0.2, 0) is 6.42 Å². The van der Waals surface area contributed by atoms with Crippen LogP contribution >= 0.6 is 0 Å². The van der Waals surface area contributed by atoms with Gasteiger partial charge in [0.25, 0.3) is 0 Å². The monoisotopic (exact) mass is 282 g/mol. The van der Waals surface area contributed by atoms with Crippen LogP contribution in [-0.4, -0.2) is 19.1 Å². The third-order valence-electron chi connectivity index (χ3n) is 4.09. The van der Waals surface area contributed by atoms with Crippen molar-refractivity contribution in [3.8, 4) is 0 Å². The van der Waals surface area contributed by atoms with Crippen molar-refractivity contribution >= 4 is 0 Å². The average Bonchev–Trinajstić information content (AvgIpc) is 2.50. The Balaban J connectivity index is 2.42. The normalized spacial score (nSPS) is 15.4. The first-order valence-corrected chi connectivity index (χ1v) is 7.69. The second-order valence-corrected chi connectivity index (χ2v) is 5.84. The molecule has 0 aliphatic heterocycles. The van der Waals surface area contributed by atoms with Crippen molar-refractivity contribution in [3.05, 3.63) is 71.3 Å². The molecule has 0 radical (unpaired) electrons. The van der Waals surface area contributed by atoms with Crippen LogP contribution in [0.15, 0.2) is 54.6 Å². The highest BCUT2D eigenvalue weighted by Crippen LogP contribution is 2.30. The van der Waals surface area contributed by atoms with E-state index in [9.17, 15) is 0 Å². The minimum Gasteiger partial charge on any atom is -0.327 e. The van der Waals surface area contributed by atoms with Crippen LogP contribution in [0.2, 0.25) is 0 Å². The van der Waals surface area contributed by atoms with Crippen molar-refractivity contribution < 1.29 is 0 Å². The number of nitrogens with two attached hydrogens (primary N) is 1. The molecule has 0 aromatic heterocycles. The standard InChI is InChI=1S/C19H26N2/c1-14(21-3)13-17-11-7-8-12-18(17)19(15(2)20)16-9-5-4-6-10-16/h4-12,14-15,19,21H,13,20H2,1-3H3. The number of hydrogen-bond donors (Lipinski definition) is 2. The fourth-order valence-corrected chi connectivity index (χ4v) is 2.88. The van der Waals surface area contributed by atoms with E-state index in [0.29, 0.717) is 6.04 Å². The second kappa shape index (κ2) is 7.39. The van der Waals surface area contributed by atoms with Crippen molar-refractivity contribution in [2.24, 2.45) is 5.73 Å². The quantitative estimate of drug-likeness (QED) is 0.853. The summed E-state index contributed by atoms with van der Waals surface area (Å²) in [7, 11) is 2.01. The number of hydrogen-bond acceptors (Lipinski definition) is 2. The van der Waals surface area contributed by atoms with Gasteiger partial charge in [0.05, 0.1) is 0 Å². The Kier molecular flexibility index (Phi) is 5.54. The van der Waals surface area contributed by atoms with Crippen LogP contribution in [0.5, 0.6) is 0 Å². The van der Waals surface area contributed by atoms with Crippen molar-refractivity contribution in [2.45, 2.75) is 38.3 Å². The minimum atomic E-state index is 0.0819. The van der Waals surface area contributed by atoms with Crippen molar-refractivity contribution in [2.75, 3.05) is 7.05 Å². The Morgan fingerprint density at radius 3 is 2.19 bits per heavy atom. The summed E-state index contributed by atoms with van der Waals surface area (Å²) >= 11 is 0. The first-order valence-electron chi connectivity index (χ1n) is 7.69. The van der Waals surface area contributed by atoms with Gasteiger partial charge in [-0.2, -0.15) is 0 Å². The lowest BCUT2D eigenvalue weighted by Crippen LogP contribution is -2.28. The average molecular weight is 282 g/mol. The lowest BCUT2D eigenvalue weighted by molar-refractivity contribution is 0.592. The molecule has 2 heteroatoms. The zero-order valence-corrected chi connectivity index (χ0v) is 13.2. The van der Waals surface area contributed by atoms with Crippen LogP contribution < -0.4 is 11.1 Å². The van der Waals surface area contributed by atoms with Crippen LogP contribution in [0.3, 0.4) is 0 Å². The Morgan fingerprint density at radius 2 is 1.57 bits per heavy atom. The van der Waals surface area contributed by atoms with E-state index >= 15 is 0 Å². The highest BCUT2D eigenvalue weighted by atomic mass is 14.8. The van der Waals surface area contributed by atoms with Crippen LogP contribution in [0.1, 0.15) is 36.5 Å². The molecule has 0 heterocycles. The molecule has 0 aliphatic rings. The third kappa shape index (κ3) is 3.93. The molecule has 0 spiro atoms. The number of likely N-dealkylation sites (N-methyl/N-ethyl adjacent to an activating group) is 1. The molecule has 0 fully saturated rings. The highest BCUT2D eigenvalue weighted by molar-refractivity contribution is 5.39. The molecule has 0 bridgehead atoms. The molecule has 3 N–H and O–H groups in total. The summed E-state index contributed by atoms with van der Waals surface area (Å²) in [6.07, 6.45) is 1.02. The molecule has 0 amide bonds. The number of nitrogens with one attached hydrogen (secondary N) is 1. The molecule has 112 valence electrons. The van der Waals surface area contributed by atoms with Gasteiger partial charge in [-0.1, -0.05) is 54.6 Å². The lowest BCUT2D eigenvalue weighted by Gasteiger charge is -2.25. The van der Waals surface area contributed by atoms with Crippen molar-refractivity contribution in [1.82, 2.24) is 5.32 Å². The first kappa shape index (κ1) is 15.7. The van der Waals surface area contributed by atoms with E-state index in [1.54, 1.807) is 0 Å². The number of benzene rings is 2. The van der Waals surface area contributed by atoms with Gasteiger partial charge in [0.15, 0.2) is 0 Å². The van der Waals surface area contributed by atoms with Crippen LogP contribution in [0.25, 0.3) is 0 Å². The zero-order chi connectivity index (χ0) is 15.2. The maximum Gasteiger partial charge on any atom is 0.0241 e. The largest absolute Gasteiger partial charge is 0.327 e. The SMILES string of the molecule is CNC(C)Cc1ccccc1C(c1ccccc1)C(C)N. The Morgan fingerprint density at radius 1 is 0.952 bits per heavy atom. The van der Waals surface area contributed by atoms with E-state index < -0.39 is 0 Å². The first-order chi connectivity index (χ1) is 10.1. The molecule has 2 nitrogen and oxygen atoms in total. The minimum absolute atomic E-state index is 0.0819. The summed E-state index contributed by atoms with van der Waals surface area (Å²) in [4.78, 5) is 0. The van der Waals surface area contributed by atoms with E-state index in [4.69, 9.17) is 5.73 Å². The van der Waals surface area contributed by atoms with E-state index in [0.717, 1.165) is 6.42 Å². The molecule has 3 unspecified atom stereocenters. The van der Waals surface area contributed by atoms with Gasteiger partial charge in [-0.25, -0.2) is 0 Å². The molecular formula is C19H26N2. The summed E-state index contributed by atoms with van der Waals surface area (Å²) in [5, 5.41) is 3.32. The molecular weight excluding hydrogens is 256 g/mol. The topological polar surface area (TPSA) is 38.0 Å².